The summed E-state index contributed by atoms with van der Waals surface area (Å²) in [5.74, 6) is 0.922. The minimum atomic E-state index is -0.200. The Hall–Kier alpha value is -1.26. The van der Waals surface area contributed by atoms with Crippen molar-refractivity contribution < 1.29 is 14.6 Å². The van der Waals surface area contributed by atoms with E-state index in [0.29, 0.717) is 16.7 Å². The molecule has 1 fully saturated rings. The molecule has 1 aromatic rings. The van der Waals surface area contributed by atoms with Gasteiger partial charge in [-0.2, -0.15) is 0 Å². The second-order valence-electron chi connectivity index (χ2n) is 5.67. The summed E-state index contributed by atoms with van der Waals surface area (Å²) in [6.07, 6.45) is 2.21. The lowest BCUT2D eigenvalue weighted by Gasteiger charge is -2.37. The summed E-state index contributed by atoms with van der Waals surface area (Å²) >= 11 is 5.88. The van der Waals surface area contributed by atoms with Gasteiger partial charge in [0.2, 0.25) is 0 Å². The molecule has 1 aliphatic carbocycles. The van der Waals surface area contributed by atoms with Gasteiger partial charge in [0, 0.05) is 11.1 Å². The fraction of sp³-hybridized carbons (Fsp3) is 0.562. The number of carbonyl (C=O) groups is 1. The van der Waals surface area contributed by atoms with Gasteiger partial charge in [-0.3, -0.25) is 4.79 Å². The zero-order valence-electron chi connectivity index (χ0n) is 12.4. The van der Waals surface area contributed by atoms with Gasteiger partial charge < -0.3 is 15.2 Å². The normalized spacial score (nSPS) is 22.3. The predicted molar refractivity (Wildman–Crippen MR) is 82.6 cm³/mol. The average molecular weight is 312 g/mol. The number of rotatable bonds is 6. The topological polar surface area (TPSA) is 58.6 Å². The van der Waals surface area contributed by atoms with E-state index < -0.39 is 0 Å². The zero-order valence-corrected chi connectivity index (χ0v) is 13.2. The Labute approximate surface area is 130 Å². The quantitative estimate of drug-likeness (QED) is 0.849. The number of halogens is 1. The Morgan fingerprint density at radius 3 is 2.81 bits per heavy atom. The number of nitrogens with one attached hydrogen (secondary N) is 1. The third-order valence-electron chi connectivity index (χ3n) is 4.00. The fourth-order valence-electron chi connectivity index (χ4n) is 2.68. The van der Waals surface area contributed by atoms with E-state index in [1.807, 2.05) is 13.8 Å². The van der Waals surface area contributed by atoms with Crippen LogP contribution in [0, 0.1) is 12.8 Å². The molecule has 5 heteroatoms. The number of carbonyl (C=O) groups excluding carboxylic acids is 1. The standard InChI is InChI=1S/C16H22ClNO3/c1-3-14(11-7-13(19)8-11)18-16(20)9-21-15-5-4-12(17)6-10(15)2/h4-6,11,13-14,19H,3,7-9H2,1-2H3,(H,18,20). The first-order valence-corrected chi connectivity index (χ1v) is 7.73. The number of amides is 1. The lowest BCUT2D eigenvalue weighted by molar-refractivity contribution is -0.125. The van der Waals surface area contributed by atoms with Crippen LogP contribution in [0.15, 0.2) is 18.2 Å². The van der Waals surface area contributed by atoms with Crippen LogP contribution in [-0.2, 0) is 4.79 Å². The van der Waals surface area contributed by atoms with E-state index in [0.717, 1.165) is 24.8 Å². The third-order valence-corrected chi connectivity index (χ3v) is 4.24. The maximum absolute atomic E-state index is 12.0. The fourth-order valence-corrected chi connectivity index (χ4v) is 2.90. The van der Waals surface area contributed by atoms with E-state index >= 15 is 0 Å². The molecule has 4 nitrogen and oxygen atoms in total. The smallest absolute Gasteiger partial charge is 0.258 e. The first-order chi connectivity index (χ1) is 9.99. The summed E-state index contributed by atoms with van der Waals surface area (Å²) in [5, 5.41) is 13.0. The maximum atomic E-state index is 12.0. The van der Waals surface area contributed by atoms with Gasteiger partial charge in [0.15, 0.2) is 6.61 Å². The molecule has 1 atom stereocenters. The second-order valence-corrected chi connectivity index (χ2v) is 6.10. The minimum Gasteiger partial charge on any atom is -0.484 e. The molecule has 0 saturated heterocycles. The van der Waals surface area contributed by atoms with Gasteiger partial charge in [-0.05, 0) is 55.9 Å². The van der Waals surface area contributed by atoms with Crippen molar-refractivity contribution in [1.29, 1.82) is 0 Å². The van der Waals surface area contributed by atoms with Crippen LogP contribution >= 0.6 is 11.6 Å². The first kappa shape index (κ1) is 16.1. The van der Waals surface area contributed by atoms with Crippen LogP contribution in [-0.4, -0.2) is 29.8 Å². The van der Waals surface area contributed by atoms with E-state index in [1.165, 1.54) is 0 Å². The van der Waals surface area contributed by atoms with Gasteiger partial charge in [0.05, 0.1) is 6.10 Å². The molecule has 21 heavy (non-hydrogen) atoms. The van der Waals surface area contributed by atoms with E-state index in [4.69, 9.17) is 16.3 Å². The van der Waals surface area contributed by atoms with Crippen molar-refractivity contribution in [1.82, 2.24) is 5.32 Å². The SMILES string of the molecule is CCC(NC(=O)COc1ccc(Cl)cc1C)C1CC(O)C1. The summed E-state index contributed by atoms with van der Waals surface area (Å²) < 4.78 is 5.53. The van der Waals surface area contributed by atoms with Crippen molar-refractivity contribution in [3.8, 4) is 5.75 Å². The molecule has 0 heterocycles. The highest BCUT2D eigenvalue weighted by atomic mass is 35.5. The molecule has 1 unspecified atom stereocenters. The van der Waals surface area contributed by atoms with Crippen LogP contribution < -0.4 is 10.1 Å². The van der Waals surface area contributed by atoms with Crippen LogP contribution in [0.2, 0.25) is 5.02 Å². The number of aryl methyl sites for hydroxylation is 1. The van der Waals surface area contributed by atoms with Gasteiger partial charge in [0.1, 0.15) is 5.75 Å². The molecule has 1 aromatic carbocycles. The Kier molecular flexibility index (Phi) is 5.48. The Morgan fingerprint density at radius 2 is 2.24 bits per heavy atom. The minimum absolute atomic E-state index is 0.00571. The molecule has 0 radical (unpaired) electrons. The summed E-state index contributed by atoms with van der Waals surface area (Å²) in [5.41, 5.74) is 0.907. The molecule has 2 N–H and O–H groups in total. The number of ether oxygens (including phenoxy) is 1. The van der Waals surface area contributed by atoms with Gasteiger partial charge >= 0.3 is 0 Å². The van der Waals surface area contributed by atoms with Crippen LogP contribution in [0.4, 0.5) is 0 Å². The molecule has 0 bridgehead atoms. The average Bonchev–Trinajstić information content (AvgIpc) is 2.40. The lowest BCUT2D eigenvalue weighted by Crippen LogP contribution is -2.47. The lowest BCUT2D eigenvalue weighted by atomic mass is 9.76. The zero-order chi connectivity index (χ0) is 15.4. The number of benzene rings is 1. The highest BCUT2D eigenvalue weighted by Crippen LogP contribution is 2.31. The van der Waals surface area contributed by atoms with Gasteiger partial charge in [-0.1, -0.05) is 18.5 Å². The number of hydrogen-bond acceptors (Lipinski definition) is 3. The van der Waals surface area contributed by atoms with Crippen molar-refractivity contribution >= 4 is 17.5 Å². The van der Waals surface area contributed by atoms with Gasteiger partial charge in [0.25, 0.3) is 5.91 Å². The van der Waals surface area contributed by atoms with Crippen LogP contribution in [0.1, 0.15) is 31.7 Å². The van der Waals surface area contributed by atoms with Crippen molar-refractivity contribution in [3.05, 3.63) is 28.8 Å². The van der Waals surface area contributed by atoms with Crippen molar-refractivity contribution in [3.63, 3.8) is 0 Å². The van der Waals surface area contributed by atoms with E-state index in [-0.39, 0.29) is 24.7 Å². The summed E-state index contributed by atoms with van der Waals surface area (Å²) in [7, 11) is 0. The Bertz CT molecular complexity index is 500. The van der Waals surface area contributed by atoms with Crippen molar-refractivity contribution in [2.24, 2.45) is 5.92 Å². The molecule has 0 spiro atoms. The molecule has 2 rings (SSSR count). The molecule has 1 aliphatic rings. The number of aliphatic hydroxyl groups excluding tert-OH is 1. The van der Waals surface area contributed by atoms with Crippen LogP contribution in [0.5, 0.6) is 5.75 Å². The van der Waals surface area contributed by atoms with Crippen LogP contribution in [0.25, 0.3) is 0 Å². The molecule has 0 aliphatic heterocycles. The summed E-state index contributed by atoms with van der Waals surface area (Å²) in [6, 6.07) is 5.44. The molecule has 0 aromatic heterocycles. The van der Waals surface area contributed by atoms with E-state index in [2.05, 4.69) is 5.32 Å². The van der Waals surface area contributed by atoms with E-state index in [1.54, 1.807) is 18.2 Å². The summed E-state index contributed by atoms with van der Waals surface area (Å²) in [6.45, 7) is 3.93. The predicted octanol–water partition coefficient (Wildman–Crippen LogP) is 2.69. The number of hydrogen-bond donors (Lipinski definition) is 2. The monoisotopic (exact) mass is 311 g/mol. The van der Waals surface area contributed by atoms with E-state index in [9.17, 15) is 9.90 Å². The van der Waals surface area contributed by atoms with Gasteiger partial charge in [-0.25, -0.2) is 0 Å². The molecule has 1 amide bonds. The van der Waals surface area contributed by atoms with Crippen molar-refractivity contribution in [2.75, 3.05) is 6.61 Å². The summed E-state index contributed by atoms with van der Waals surface area (Å²) in [4.78, 5) is 12.0. The Balaban J connectivity index is 1.81. The molecule has 1 saturated carbocycles. The van der Waals surface area contributed by atoms with Crippen LogP contribution in [0.3, 0.4) is 0 Å². The third kappa shape index (κ3) is 4.35. The van der Waals surface area contributed by atoms with Crippen molar-refractivity contribution in [2.45, 2.75) is 45.3 Å². The highest BCUT2D eigenvalue weighted by molar-refractivity contribution is 6.30. The number of aliphatic hydroxyl groups is 1. The molecular formula is C16H22ClNO3. The maximum Gasteiger partial charge on any atom is 0.258 e. The molecule has 116 valence electrons. The van der Waals surface area contributed by atoms with Gasteiger partial charge in [-0.15, -0.1) is 0 Å². The molecular weight excluding hydrogens is 290 g/mol. The second kappa shape index (κ2) is 7.14. The largest absolute Gasteiger partial charge is 0.484 e. The highest BCUT2D eigenvalue weighted by Gasteiger charge is 2.33. The Morgan fingerprint density at radius 1 is 1.52 bits per heavy atom. The first-order valence-electron chi connectivity index (χ1n) is 7.36.